The van der Waals surface area contributed by atoms with Crippen LogP contribution in [0.15, 0.2) is 71.3 Å². The van der Waals surface area contributed by atoms with Gasteiger partial charge in [-0.25, -0.2) is 0 Å². The molecule has 0 radical (unpaired) electrons. The van der Waals surface area contributed by atoms with Gasteiger partial charge in [-0.05, 0) is 48.2 Å². The van der Waals surface area contributed by atoms with Gasteiger partial charge < -0.3 is 20.4 Å². The smallest absolute Gasteiger partial charge is 0.287 e. The fraction of sp³-hybridized carbons (Fsp3) is 0.208. The van der Waals surface area contributed by atoms with Gasteiger partial charge in [-0.2, -0.15) is 0 Å². The summed E-state index contributed by atoms with van der Waals surface area (Å²) in [5.41, 5.74) is 4.20. The maximum Gasteiger partial charge on any atom is 0.287 e. The molecule has 0 saturated heterocycles. The lowest BCUT2D eigenvalue weighted by atomic mass is 9.95. The molecule has 3 rings (SSSR count). The fourth-order valence-corrected chi connectivity index (χ4v) is 3.06. The molecule has 0 fully saturated rings. The number of rotatable bonds is 8. The van der Waals surface area contributed by atoms with E-state index in [1.165, 1.54) is 17.9 Å². The van der Waals surface area contributed by atoms with Gasteiger partial charge in [-0.15, -0.1) is 0 Å². The number of amides is 3. The van der Waals surface area contributed by atoms with Crippen LogP contribution < -0.4 is 16.0 Å². The van der Waals surface area contributed by atoms with Gasteiger partial charge in [-0.1, -0.05) is 48.5 Å². The standard InChI is InChI=1S/C24H25N3O4/c1-16-10-11-19(13-17(16)2)23(18-7-4-3-5-8-18)27-22(29)15-25-21(28)14-26-24(30)20-9-6-12-31-20/h3-13,23H,14-15H2,1-2H3,(H,25,28)(H,26,30)(H,27,29)/t23-/m0/s1. The van der Waals surface area contributed by atoms with Crippen molar-refractivity contribution in [3.63, 3.8) is 0 Å². The molecule has 0 aliphatic heterocycles. The summed E-state index contributed by atoms with van der Waals surface area (Å²) in [6.45, 7) is 3.60. The van der Waals surface area contributed by atoms with Gasteiger partial charge in [-0.3, -0.25) is 14.4 Å². The zero-order valence-electron chi connectivity index (χ0n) is 17.5. The van der Waals surface area contributed by atoms with Crippen LogP contribution in [-0.4, -0.2) is 30.8 Å². The summed E-state index contributed by atoms with van der Waals surface area (Å²) < 4.78 is 4.96. The summed E-state index contributed by atoms with van der Waals surface area (Å²) in [6, 6.07) is 18.4. The third-order valence-corrected chi connectivity index (χ3v) is 4.90. The van der Waals surface area contributed by atoms with Crippen molar-refractivity contribution in [2.45, 2.75) is 19.9 Å². The van der Waals surface area contributed by atoms with E-state index in [9.17, 15) is 14.4 Å². The zero-order chi connectivity index (χ0) is 22.2. The second-order valence-electron chi connectivity index (χ2n) is 7.19. The molecule has 2 aromatic carbocycles. The van der Waals surface area contributed by atoms with E-state index >= 15 is 0 Å². The van der Waals surface area contributed by atoms with Crippen LogP contribution in [0.4, 0.5) is 0 Å². The van der Waals surface area contributed by atoms with Crippen molar-refractivity contribution in [2.75, 3.05) is 13.1 Å². The quantitative estimate of drug-likeness (QED) is 0.523. The molecule has 0 aliphatic rings. The van der Waals surface area contributed by atoms with E-state index in [4.69, 9.17) is 4.42 Å². The number of carbonyl (C=O) groups excluding carboxylic acids is 3. The zero-order valence-corrected chi connectivity index (χ0v) is 17.5. The first kappa shape index (κ1) is 21.8. The molecular weight excluding hydrogens is 394 g/mol. The van der Waals surface area contributed by atoms with Gasteiger partial charge in [0.25, 0.3) is 5.91 Å². The molecule has 160 valence electrons. The second-order valence-corrected chi connectivity index (χ2v) is 7.19. The second kappa shape index (κ2) is 10.2. The van der Waals surface area contributed by atoms with Crippen molar-refractivity contribution in [3.05, 3.63) is 94.9 Å². The van der Waals surface area contributed by atoms with E-state index in [1.54, 1.807) is 6.07 Å². The average Bonchev–Trinajstić information content (AvgIpc) is 3.32. The monoisotopic (exact) mass is 419 g/mol. The van der Waals surface area contributed by atoms with Crippen LogP contribution in [0.1, 0.15) is 38.9 Å². The Hall–Kier alpha value is -3.87. The molecule has 0 unspecified atom stereocenters. The predicted molar refractivity (Wildman–Crippen MR) is 116 cm³/mol. The van der Waals surface area contributed by atoms with E-state index in [0.29, 0.717) is 0 Å². The number of carbonyl (C=O) groups is 3. The van der Waals surface area contributed by atoms with Gasteiger partial charge in [0.2, 0.25) is 11.8 Å². The van der Waals surface area contributed by atoms with E-state index in [1.807, 2.05) is 56.3 Å². The molecule has 1 heterocycles. The first-order valence-electron chi connectivity index (χ1n) is 9.94. The number of hydrogen-bond acceptors (Lipinski definition) is 4. The van der Waals surface area contributed by atoms with E-state index < -0.39 is 11.8 Å². The Morgan fingerprint density at radius 1 is 0.806 bits per heavy atom. The Labute approximate surface area is 180 Å². The highest BCUT2D eigenvalue weighted by molar-refractivity contribution is 5.94. The molecule has 7 nitrogen and oxygen atoms in total. The molecule has 3 aromatic rings. The van der Waals surface area contributed by atoms with Crippen molar-refractivity contribution >= 4 is 17.7 Å². The van der Waals surface area contributed by atoms with Gasteiger partial charge >= 0.3 is 0 Å². The minimum atomic E-state index is -0.497. The predicted octanol–water partition coefficient (Wildman–Crippen LogP) is 2.65. The number of nitrogens with one attached hydrogen (secondary N) is 3. The Kier molecular flexibility index (Phi) is 7.22. The van der Waals surface area contributed by atoms with Crippen molar-refractivity contribution in [1.29, 1.82) is 0 Å². The summed E-state index contributed by atoms with van der Waals surface area (Å²) in [5.74, 6) is -1.19. The third kappa shape index (κ3) is 6.05. The Morgan fingerprint density at radius 3 is 2.23 bits per heavy atom. The topological polar surface area (TPSA) is 100 Å². The van der Waals surface area contributed by atoms with Crippen LogP contribution in [0.3, 0.4) is 0 Å². The molecule has 0 saturated carbocycles. The molecule has 31 heavy (non-hydrogen) atoms. The highest BCUT2D eigenvalue weighted by Crippen LogP contribution is 2.24. The summed E-state index contributed by atoms with van der Waals surface area (Å²) in [6.07, 6.45) is 1.37. The highest BCUT2D eigenvalue weighted by atomic mass is 16.3. The Morgan fingerprint density at radius 2 is 1.55 bits per heavy atom. The lowest BCUT2D eigenvalue weighted by Gasteiger charge is -2.21. The molecule has 0 spiro atoms. The van der Waals surface area contributed by atoms with Crippen LogP contribution in [0.5, 0.6) is 0 Å². The molecule has 3 N–H and O–H groups in total. The maximum absolute atomic E-state index is 12.6. The summed E-state index contributed by atoms with van der Waals surface area (Å²) in [7, 11) is 0. The Bertz CT molecular complexity index is 1050. The molecular formula is C24H25N3O4. The Balaban J connectivity index is 1.58. The maximum atomic E-state index is 12.6. The van der Waals surface area contributed by atoms with Gasteiger partial charge in [0.05, 0.1) is 25.4 Å². The number of hydrogen-bond donors (Lipinski definition) is 3. The molecule has 1 atom stereocenters. The third-order valence-electron chi connectivity index (χ3n) is 4.90. The van der Waals surface area contributed by atoms with Crippen LogP contribution in [-0.2, 0) is 9.59 Å². The first-order valence-corrected chi connectivity index (χ1v) is 9.94. The summed E-state index contributed by atoms with van der Waals surface area (Å²) in [4.78, 5) is 36.3. The van der Waals surface area contributed by atoms with E-state index in [0.717, 1.165) is 16.7 Å². The number of benzene rings is 2. The van der Waals surface area contributed by atoms with Crippen LogP contribution >= 0.6 is 0 Å². The summed E-state index contributed by atoms with van der Waals surface area (Å²) in [5, 5.41) is 7.93. The fourth-order valence-electron chi connectivity index (χ4n) is 3.06. The lowest BCUT2D eigenvalue weighted by Crippen LogP contribution is -2.42. The minimum Gasteiger partial charge on any atom is -0.459 e. The summed E-state index contributed by atoms with van der Waals surface area (Å²) >= 11 is 0. The average molecular weight is 419 g/mol. The largest absolute Gasteiger partial charge is 0.459 e. The van der Waals surface area contributed by atoms with Crippen LogP contribution in [0.25, 0.3) is 0 Å². The van der Waals surface area contributed by atoms with Gasteiger partial charge in [0, 0.05) is 0 Å². The van der Waals surface area contributed by atoms with Gasteiger partial charge in [0.15, 0.2) is 5.76 Å². The number of aryl methyl sites for hydroxylation is 2. The molecule has 3 amide bonds. The lowest BCUT2D eigenvalue weighted by molar-refractivity contribution is -0.125. The highest BCUT2D eigenvalue weighted by Gasteiger charge is 2.18. The van der Waals surface area contributed by atoms with Crippen molar-refractivity contribution in [1.82, 2.24) is 16.0 Å². The van der Waals surface area contributed by atoms with Crippen molar-refractivity contribution < 1.29 is 18.8 Å². The van der Waals surface area contributed by atoms with Crippen molar-refractivity contribution in [3.8, 4) is 0 Å². The van der Waals surface area contributed by atoms with E-state index in [2.05, 4.69) is 22.0 Å². The normalized spacial score (nSPS) is 11.4. The molecule has 1 aromatic heterocycles. The SMILES string of the molecule is Cc1ccc([C@@H](NC(=O)CNC(=O)CNC(=O)c2ccco2)c2ccccc2)cc1C. The number of furan rings is 1. The molecule has 0 aliphatic carbocycles. The van der Waals surface area contributed by atoms with Crippen molar-refractivity contribution in [2.24, 2.45) is 0 Å². The minimum absolute atomic E-state index is 0.115. The van der Waals surface area contributed by atoms with Gasteiger partial charge in [0.1, 0.15) is 0 Å². The molecule has 7 heteroatoms. The first-order chi connectivity index (χ1) is 14.9. The van der Waals surface area contributed by atoms with Crippen LogP contribution in [0.2, 0.25) is 0 Å². The van der Waals surface area contributed by atoms with E-state index in [-0.39, 0.29) is 30.8 Å². The van der Waals surface area contributed by atoms with Crippen LogP contribution in [0, 0.1) is 13.8 Å². The molecule has 0 bridgehead atoms.